The van der Waals surface area contributed by atoms with Crippen LogP contribution in [0.3, 0.4) is 0 Å². The van der Waals surface area contributed by atoms with E-state index in [0.29, 0.717) is 6.61 Å². The van der Waals surface area contributed by atoms with Crippen molar-refractivity contribution in [3.8, 4) is 0 Å². The third-order valence-corrected chi connectivity index (χ3v) is 1.99. The lowest BCUT2D eigenvalue weighted by atomic mass is 10.7. The molecule has 0 aromatic heterocycles. The lowest BCUT2D eigenvalue weighted by Gasteiger charge is -2.03. The van der Waals surface area contributed by atoms with Gasteiger partial charge in [-0.1, -0.05) is 0 Å². The first kappa shape index (κ1) is 13.2. The molecule has 0 bridgehead atoms. The van der Waals surface area contributed by atoms with Gasteiger partial charge in [0.15, 0.2) is 6.61 Å². The molecule has 0 fully saturated rings. The van der Waals surface area contributed by atoms with Crippen molar-refractivity contribution < 1.29 is 19.2 Å². The fraction of sp³-hybridized carbons (Fsp3) is 0.714. The molecule has 0 saturated carbocycles. The van der Waals surface area contributed by atoms with Gasteiger partial charge in [-0.25, -0.2) is 5.48 Å². The fourth-order valence-corrected chi connectivity index (χ4v) is 1.20. The molecule has 0 aromatic rings. The Morgan fingerprint density at radius 2 is 2.21 bits per heavy atom. The Hall–Kier alpha value is -0.790. The van der Waals surface area contributed by atoms with Crippen molar-refractivity contribution >= 4 is 23.6 Å². The summed E-state index contributed by atoms with van der Waals surface area (Å²) in [7, 11) is 1.59. The zero-order valence-electron chi connectivity index (χ0n) is 7.95. The maximum absolute atomic E-state index is 10.9. The van der Waals surface area contributed by atoms with Gasteiger partial charge in [-0.05, 0) is 0 Å². The minimum atomic E-state index is -0.627. The van der Waals surface area contributed by atoms with E-state index in [1.807, 2.05) is 0 Å². The molecular weight excluding hydrogens is 208 g/mol. The predicted octanol–water partition coefficient (Wildman–Crippen LogP) is -1.10. The number of nitrogens with two attached hydrogens (primary N) is 1. The lowest BCUT2D eigenvalue weighted by Crippen LogP contribution is -2.30. The maximum atomic E-state index is 10.9. The normalized spacial score (nSPS) is 9.79. The summed E-state index contributed by atoms with van der Waals surface area (Å²) in [6.07, 6.45) is 0. The molecular formula is C7H14N2O4S. The topological polar surface area (TPSA) is 90.7 Å². The van der Waals surface area contributed by atoms with E-state index >= 15 is 0 Å². The summed E-state index contributed by atoms with van der Waals surface area (Å²) in [6.45, 7) is 0.286. The smallest absolute Gasteiger partial charge is 0.253 e. The van der Waals surface area contributed by atoms with E-state index < -0.39 is 5.91 Å². The third-order valence-electron chi connectivity index (χ3n) is 1.07. The predicted molar refractivity (Wildman–Crippen MR) is 52.5 cm³/mol. The van der Waals surface area contributed by atoms with E-state index in [-0.39, 0.29) is 18.3 Å². The first-order valence-corrected chi connectivity index (χ1v) is 5.08. The van der Waals surface area contributed by atoms with Gasteiger partial charge in [0, 0.05) is 12.9 Å². The number of methoxy groups -OCH3 is 1. The van der Waals surface area contributed by atoms with Crippen LogP contribution < -0.4 is 11.2 Å². The van der Waals surface area contributed by atoms with Crippen LogP contribution in [-0.2, 0) is 19.2 Å². The fourth-order valence-electron chi connectivity index (χ4n) is 0.524. The molecule has 0 radical (unpaired) electrons. The van der Waals surface area contributed by atoms with Crippen LogP contribution >= 0.6 is 11.8 Å². The third kappa shape index (κ3) is 9.30. The molecule has 0 aliphatic rings. The highest BCUT2D eigenvalue weighted by Gasteiger charge is 2.01. The van der Waals surface area contributed by atoms with Gasteiger partial charge in [-0.2, -0.15) is 0 Å². The molecule has 0 aliphatic carbocycles. The van der Waals surface area contributed by atoms with Crippen LogP contribution in [0.4, 0.5) is 0 Å². The first-order valence-electron chi connectivity index (χ1n) is 3.92. The molecule has 0 atom stereocenters. The molecule has 14 heavy (non-hydrogen) atoms. The molecule has 0 rings (SSSR count). The van der Waals surface area contributed by atoms with Gasteiger partial charge in [0.2, 0.25) is 5.91 Å². The average Bonchev–Trinajstić information content (AvgIpc) is 2.12. The van der Waals surface area contributed by atoms with Crippen LogP contribution in [0, 0.1) is 0 Å². The number of hydrogen-bond donors (Lipinski definition) is 2. The van der Waals surface area contributed by atoms with Crippen LogP contribution in [0.15, 0.2) is 0 Å². The van der Waals surface area contributed by atoms with Crippen LogP contribution in [0.1, 0.15) is 0 Å². The highest BCUT2D eigenvalue weighted by molar-refractivity contribution is 7.99. The van der Waals surface area contributed by atoms with Gasteiger partial charge < -0.3 is 10.5 Å². The Kier molecular flexibility index (Phi) is 8.30. The standard InChI is InChI=1S/C7H14N2O4S/c1-12-2-3-14-5-7(11)9-13-4-6(8)10/h2-5H2,1H3,(H2,8,10)(H,9,11). The lowest BCUT2D eigenvalue weighted by molar-refractivity contribution is -0.135. The number of primary amides is 1. The minimum absolute atomic E-state index is 0.266. The van der Waals surface area contributed by atoms with E-state index in [9.17, 15) is 9.59 Å². The molecule has 0 saturated heterocycles. The van der Waals surface area contributed by atoms with Crippen molar-refractivity contribution in [2.45, 2.75) is 0 Å². The van der Waals surface area contributed by atoms with Gasteiger partial charge in [0.25, 0.3) is 5.91 Å². The van der Waals surface area contributed by atoms with Gasteiger partial charge in [0.05, 0.1) is 12.4 Å². The number of ether oxygens (including phenoxy) is 1. The molecule has 0 unspecified atom stereocenters. The second-order valence-electron chi connectivity index (χ2n) is 2.33. The van der Waals surface area contributed by atoms with Gasteiger partial charge >= 0.3 is 0 Å². The number of hydrogen-bond acceptors (Lipinski definition) is 5. The number of carbonyl (C=O) groups is 2. The second-order valence-corrected chi connectivity index (χ2v) is 3.43. The Labute approximate surface area is 86.4 Å². The van der Waals surface area contributed by atoms with Crippen LogP contribution in [0.25, 0.3) is 0 Å². The monoisotopic (exact) mass is 222 g/mol. The molecule has 0 spiro atoms. The summed E-state index contributed by atoms with van der Waals surface area (Å²) >= 11 is 1.41. The Morgan fingerprint density at radius 1 is 1.50 bits per heavy atom. The van der Waals surface area contributed by atoms with Crippen molar-refractivity contribution in [1.29, 1.82) is 0 Å². The van der Waals surface area contributed by atoms with Crippen molar-refractivity contribution in [2.24, 2.45) is 5.73 Å². The molecule has 7 heteroatoms. The van der Waals surface area contributed by atoms with E-state index in [1.54, 1.807) is 7.11 Å². The highest BCUT2D eigenvalue weighted by Crippen LogP contribution is 1.97. The molecule has 0 heterocycles. The van der Waals surface area contributed by atoms with Gasteiger partial charge in [0.1, 0.15) is 0 Å². The van der Waals surface area contributed by atoms with Crippen molar-refractivity contribution in [3.05, 3.63) is 0 Å². The number of carbonyl (C=O) groups excluding carboxylic acids is 2. The van der Waals surface area contributed by atoms with Gasteiger partial charge in [-0.3, -0.25) is 14.4 Å². The van der Waals surface area contributed by atoms with E-state index in [0.717, 1.165) is 5.75 Å². The second kappa shape index (κ2) is 8.79. The Morgan fingerprint density at radius 3 is 2.79 bits per heavy atom. The van der Waals surface area contributed by atoms with Crippen molar-refractivity contribution in [1.82, 2.24) is 5.48 Å². The van der Waals surface area contributed by atoms with Crippen molar-refractivity contribution in [2.75, 3.05) is 31.8 Å². The summed E-state index contributed by atoms with van der Waals surface area (Å²) in [6, 6.07) is 0. The summed E-state index contributed by atoms with van der Waals surface area (Å²) in [5.74, 6) is 0.0756. The Balaban J connectivity index is 3.24. The summed E-state index contributed by atoms with van der Waals surface area (Å²) in [5.41, 5.74) is 6.87. The molecule has 0 aromatic carbocycles. The number of rotatable bonds is 8. The van der Waals surface area contributed by atoms with Gasteiger partial charge in [-0.15, -0.1) is 11.8 Å². The molecule has 82 valence electrons. The summed E-state index contributed by atoms with van der Waals surface area (Å²) in [5, 5.41) is 0. The number of nitrogens with one attached hydrogen (secondary N) is 1. The molecule has 6 nitrogen and oxygen atoms in total. The van der Waals surface area contributed by atoms with E-state index in [1.165, 1.54) is 11.8 Å². The molecule has 0 aliphatic heterocycles. The van der Waals surface area contributed by atoms with Crippen LogP contribution in [0.5, 0.6) is 0 Å². The van der Waals surface area contributed by atoms with Crippen LogP contribution in [-0.4, -0.2) is 43.6 Å². The van der Waals surface area contributed by atoms with Crippen molar-refractivity contribution in [3.63, 3.8) is 0 Å². The zero-order chi connectivity index (χ0) is 10.8. The summed E-state index contributed by atoms with van der Waals surface area (Å²) in [4.78, 5) is 25.6. The molecule has 3 N–H and O–H groups in total. The average molecular weight is 222 g/mol. The molecule has 2 amide bonds. The number of thioether (sulfide) groups is 1. The largest absolute Gasteiger partial charge is 0.384 e. The summed E-state index contributed by atoms with van der Waals surface area (Å²) < 4.78 is 4.79. The van der Waals surface area contributed by atoms with E-state index in [2.05, 4.69) is 10.3 Å². The number of amides is 2. The number of hydroxylamine groups is 1. The van der Waals surface area contributed by atoms with Crippen LogP contribution in [0.2, 0.25) is 0 Å². The Bertz CT molecular complexity index is 189. The minimum Gasteiger partial charge on any atom is -0.384 e. The van der Waals surface area contributed by atoms with E-state index in [4.69, 9.17) is 10.5 Å². The highest BCUT2D eigenvalue weighted by atomic mass is 32.2. The maximum Gasteiger partial charge on any atom is 0.253 e. The SMILES string of the molecule is COCCSCC(=O)NOCC(N)=O. The zero-order valence-corrected chi connectivity index (χ0v) is 8.76. The quantitative estimate of drug-likeness (QED) is 0.402. The first-order chi connectivity index (χ1) is 6.66.